The van der Waals surface area contributed by atoms with Crippen LogP contribution in [0.2, 0.25) is 0 Å². The minimum absolute atomic E-state index is 0.116. The lowest BCUT2D eigenvalue weighted by atomic mass is 10.1. The largest absolute Gasteiger partial charge is 0.469 e. The van der Waals surface area contributed by atoms with Crippen LogP contribution in [0.4, 0.5) is 0 Å². The lowest BCUT2D eigenvalue weighted by molar-refractivity contribution is 0.0931. The number of carbonyl (C=O) groups is 2. The lowest BCUT2D eigenvalue weighted by Gasteiger charge is -2.14. The number of aromatic nitrogens is 2. The van der Waals surface area contributed by atoms with Crippen LogP contribution >= 0.6 is 0 Å². The minimum Gasteiger partial charge on any atom is -0.469 e. The highest BCUT2D eigenvalue weighted by Crippen LogP contribution is 2.31. The zero-order valence-corrected chi connectivity index (χ0v) is 17.0. The zero-order valence-electron chi connectivity index (χ0n) is 17.0. The molecule has 1 atom stereocenters. The molecule has 0 spiro atoms. The molecule has 156 valence electrons. The third-order valence-electron chi connectivity index (χ3n) is 5.30. The van der Waals surface area contributed by atoms with Crippen molar-refractivity contribution in [1.29, 1.82) is 5.26 Å². The van der Waals surface area contributed by atoms with Crippen LogP contribution in [0.1, 0.15) is 68.4 Å². The van der Waals surface area contributed by atoms with E-state index in [0.717, 1.165) is 41.7 Å². The summed E-state index contributed by atoms with van der Waals surface area (Å²) in [4.78, 5) is 33.2. The van der Waals surface area contributed by atoms with Gasteiger partial charge in [-0.2, -0.15) is 5.26 Å². The summed E-state index contributed by atoms with van der Waals surface area (Å²) < 4.78 is 5.36. The van der Waals surface area contributed by atoms with Gasteiger partial charge in [-0.15, -0.1) is 0 Å². The Bertz CT molecular complexity index is 1180. The number of nitrogens with zero attached hydrogens (tertiary/aromatic N) is 3. The first kappa shape index (κ1) is 20.3. The third-order valence-corrected chi connectivity index (χ3v) is 5.30. The fraction of sp³-hybridized carbons (Fsp3) is 0.261. The van der Waals surface area contributed by atoms with Crippen molar-refractivity contribution in [3.63, 3.8) is 0 Å². The van der Waals surface area contributed by atoms with E-state index in [1.807, 2.05) is 25.1 Å². The maximum absolute atomic E-state index is 12.7. The zero-order chi connectivity index (χ0) is 21.8. The van der Waals surface area contributed by atoms with Gasteiger partial charge in [0.1, 0.15) is 23.5 Å². The van der Waals surface area contributed by atoms with E-state index < -0.39 is 5.91 Å². The van der Waals surface area contributed by atoms with Crippen LogP contribution in [-0.4, -0.2) is 21.8 Å². The molecular formula is C23H21N5O3. The van der Waals surface area contributed by atoms with Crippen molar-refractivity contribution < 1.29 is 14.0 Å². The molecular weight excluding hydrogens is 394 g/mol. The molecule has 1 aliphatic rings. The number of fused-ring (bicyclic) bond motifs is 1. The number of rotatable bonds is 6. The van der Waals surface area contributed by atoms with Gasteiger partial charge in [0.15, 0.2) is 0 Å². The van der Waals surface area contributed by atoms with Gasteiger partial charge in [-0.1, -0.05) is 13.0 Å². The maximum Gasteiger partial charge on any atom is 0.270 e. The smallest absolute Gasteiger partial charge is 0.270 e. The van der Waals surface area contributed by atoms with Gasteiger partial charge in [-0.3, -0.25) is 9.59 Å². The van der Waals surface area contributed by atoms with E-state index in [9.17, 15) is 9.59 Å². The van der Waals surface area contributed by atoms with Crippen LogP contribution < -0.4 is 10.6 Å². The predicted molar refractivity (Wildman–Crippen MR) is 111 cm³/mol. The van der Waals surface area contributed by atoms with E-state index in [2.05, 4.69) is 26.7 Å². The fourth-order valence-electron chi connectivity index (χ4n) is 3.65. The summed E-state index contributed by atoms with van der Waals surface area (Å²) in [5.41, 5.74) is 3.78. The van der Waals surface area contributed by atoms with Crippen LogP contribution in [0.25, 0.3) is 0 Å². The van der Waals surface area contributed by atoms with Gasteiger partial charge in [0.25, 0.3) is 11.8 Å². The average Bonchev–Trinajstić information content (AvgIpc) is 3.44. The number of hydrogen-bond acceptors (Lipinski definition) is 6. The van der Waals surface area contributed by atoms with E-state index in [1.54, 1.807) is 12.3 Å². The first-order valence-corrected chi connectivity index (χ1v) is 10.1. The molecule has 3 aromatic rings. The van der Waals surface area contributed by atoms with Gasteiger partial charge in [0.2, 0.25) is 0 Å². The number of furan rings is 1. The Hall–Kier alpha value is -3.99. The Labute approximate surface area is 179 Å². The molecule has 0 fully saturated rings. The molecule has 2 aromatic heterocycles. The van der Waals surface area contributed by atoms with Gasteiger partial charge in [-0.05, 0) is 42.2 Å². The monoisotopic (exact) mass is 415 g/mol. The first-order chi connectivity index (χ1) is 15.1. The van der Waals surface area contributed by atoms with Crippen LogP contribution in [0.15, 0.2) is 47.3 Å². The summed E-state index contributed by atoms with van der Waals surface area (Å²) in [6.45, 7) is 2.29. The first-order valence-electron chi connectivity index (χ1n) is 10.1. The minimum atomic E-state index is -0.397. The number of nitrogens with one attached hydrogen (secondary N) is 2. The van der Waals surface area contributed by atoms with E-state index in [1.165, 1.54) is 12.4 Å². The number of benzene rings is 1. The highest BCUT2D eigenvalue weighted by Gasteiger charge is 2.25. The average molecular weight is 415 g/mol. The normalized spacial score (nSPS) is 14.5. The van der Waals surface area contributed by atoms with Crippen LogP contribution in [0, 0.1) is 11.3 Å². The van der Waals surface area contributed by atoms with Crippen molar-refractivity contribution in [2.24, 2.45) is 0 Å². The SMILES string of the molecule is CCc1cc(CNC(=O)c2cc(C(=O)N[C@H]3CCc4cc(C#N)ccc43)ncn2)co1. The molecule has 2 heterocycles. The van der Waals surface area contributed by atoms with Crippen LogP contribution in [0.3, 0.4) is 0 Å². The van der Waals surface area contributed by atoms with Crippen molar-refractivity contribution in [2.45, 2.75) is 38.8 Å². The van der Waals surface area contributed by atoms with Gasteiger partial charge in [0.05, 0.1) is 23.9 Å². The molecule has 0 radical (unpaired) electrons. The summed E-state index contributed by atoms with van der Waals surface area (Å²) in [5, 5.41) is 14.8. The fourth-order valence-corrected chi connectivity index (χ4v) is 3.65. The molecule has 1 aliphatic carbocycles. The summed E-state index contributed by atoms with van der Waals surface area (Å²) in [5.74, 6) is 0.0783. The lowest BCUT2D eigenvalue weighted by Crippen LogP contribution is -2.29. The number of hydrogen-bond donors (Lipinski definition) is 2. The predicted octanol–water partition coefficient (Wildman–Crippen LogP) is 2.85. The molecule has 0 bridgehead atoms. The summed E-state index contributed by atoms with van der Waals surface area (Å²) >= 11 is 0. The van der Waals surface area contributed by atoms with Gasteiger partial charge in [-0.25, -0.2) is 9.97 Å². The second-order valence-electron chi connectivity index (χ2n) is 7.34. The molecule has 0 unspecified atom stereocenters. The van der Waals surface area contributed by atoms with Crippen molar-refractivity contribution in [1.82, 2.24) is 20.6 Å². The van der Waals surface area contributed by atoms with E-state index in [0.29, 0.717) is 12.1 Å². The van der Waals surface area contributed by atoms with E-state index in [4.69, 9.17) is 9.68 Å². The van der Waals surface area contributed by atoms with Crippen molar-refractivity contribution in [3.8, 4) is 6.07 Å². The second kappa shape index (κ2) is 8.79. The number of aryl methyl sites for hydroxylation is 2. The maximum atomic E-state index is 12.7. The van der Waals surface area contributed by atoms with Crippen LogP contribution in [0.5, 0.6) is 0 Å². The molecule has 0 saturated carbocycles. The molecule has 31 heavy (non-hydrogen) atoms. The number of amides is 2. The van der Waals surface area contributed by atoms with Crippen molar-refractivity contribution in [3.05, 3.63) is 82.3 Å². The number of nitriles is 1. The summed E-state index contributed by atoms with van der Waals surface area (Å²) in [6.07, 6.45) is 5.14. The molecule has 8 nitrogen and oxygen atoms in total. The number of carbonyl (C=O) groups excluding carboxylic acids is 2. The Kier molecular flexibility index (Phi) is 5.76. The van der Waals surface area contributed by atoms with Gasteiger partial charge in [0, 0.05) is 24.6 Å². The second-order valence-corrected chi connectivity index (χ2v) is 7.34. The Morgan fingerprint density at radius 1 is 1.19 bits per heavy atom. The third kappa shape index (κ3) is 4.46. The quantitative estimate of drug-likeness (QED) is 0.639. The van der Waals surface area contributed by atoms with Gasteiger partial charge < -0.3 is 15.1 Å². The molecule has 0 saturated heterocycles. The summed E-state index contributed by atoms with van der Waals surface area (Å²) in [6, 6.07) is 10.7. The highest BCUT2D eigenvalue weighted by molar-refractivity contribution is 5.97. The van der Waals surface area contributed by atoms with Crippen molar-refractivity contribution in [2.75, 3.05) is 0 Å². The molecule has 2 amide bonds. The summed E-state index contributed by atoms with van der Waals surface area (Å²) in [7, 11) is 0. The Balaban J connectivity index is 1.40. The molecule has 2 N–H and O–H groups in total. The molecule has 8 heteroatoms. The van der Waals surface area contributed by atoms with Crippen LogP contribution in [-0.2, 0) is 19.4 Å². The molecule has 4 rings (SSSR count). The molecule has 0 aliphatic heterocycles. The Morgan fingerprint density at radius 3 is 2.74 bits per heavy atom. The van der Waals surface area contributed by atoms with Crippen molar-refractivity contribution >= 4 is 11.8 Å². The highest BCUT2D eigenvalue weighted by atomic mass is 16.3. The molecule has 1 aromatic carbocycles. The van der Waals surface area contributed by atoms with E-state index >= 15 is 0 Å². The standard InChI is InChI=1S/C23H21N5O3/c1-2-17-8-15(12-31-17)11-25-22(29)20-9-21(27-13-26-20)23(30)28-19-6-4-16-7-14(10-24)3-5-18(16)19/h3,5,7-9,12-13,19H,2,4,6,11H2,1H3,(H,25,29)(H,28,30)/t19-/m0/s1. The topological polar surface area (TPSA) is 121 Å². The van der Waals surface area contributed by atoms with Gasteiger partial charge >= 0.3 is 0 Å². The Morgan fingerprint density at radius 2 is 2.00 bits per heavy atom. The van der Waals surface area contributed by atoms with E-state index in [-0.39, 0.29) is 23.3 Å².